The van der Waals surface area contributed by atoms with Crippen LogP contribution in [-0.2, 0) is 0 Å². The smallest absolute Gasteiger partial charge is 0.0202 e. The van der Waals surface area contributed by atoms with Gasteiger partial charge in [-0.1, -0.05) is 33.3 Å². The van der Waals surface area contributed by atoms with Crippen LogP contribution in [0.25, 0.3) is 0 Å². The van der Waals surface area contributed by atoms with E-state index < -0.39 is 0 Å². The first-order valence-corrected chi connectivity index (χ1v) is 7.36. The lowest BCUT2D eigenvalue weighted by Gasteiger charge is -2.21. The van der Waals surface area contributed by atoms with Crippen molar-refractivity contribution in [2.24, 2.45) is 5.92 Å². The predicted molar refractivity (Wildman–Crippen MR) is 76.4 cm³/mol. The largest absolute Gasteiger partial charge is 0.313 e. The zero-order valence-corrected chi connectivity index (χ0v) is 11.8. The Morgan fingerprint density at radius 3 is 2.82 bits per heavy atom. The van der Waals surface area contributed by atoms with E-state index in [0.717, 1.165) is 25.6 Å². The molecule has 0 spiro atoms. The number of hydrogen-bond donors (Lipinski definition) is 1. The van der Waals surface area contributed by atoms with Crippen molar-refractivity contribution < 1.29 is 0 Å². The Morgan fingerprint density at radius 1 is 1.29 bits per heavy atom. The molecule has 0 bridgehead atoms. The normalized spacial score (nSPS) is 22.4. The standard InChI is InChI=1S/C15H30N2/c1-4-7-15-8-6-10-17(11-9-15)13-14(3)12-16-5-2/h15-16H,3-13H2,1-2H3. The number of likely N-dealkylation sites (tertiary alicyclic amines) is 1. The number of hydrogen-bond acceptors (Lipinski definition) is 2. The Bertz CT molecular complexity index is 213. The van der Waals surface area contributed by atoms with E-state index in [1.807, 2.05) is 0 Å². The van der Waals surface area contributed by atoms with Crippen LogP contribution in [-0.4, -0.2) is 37.6 Å². The maximum Gasteiger partial charge on any atom is 0.0202 e. The fourth-order valence-corrected chi connectivity index (χ4v) is 2.75. The van der Waals surface area contributed by atoms with Crippen LogP contribution < -0.4 is 5.32 Å². The molecular weight excluding hydrogens is 208 g/mol. The topological polar surface area (TPSA) is 15.3 Å². The second kappa shape index (κ2) is 8.71. The van der Waals surface area contributed by atoms with Crippen LogP contribution in [0.15, 0.2) is 12.2 Å². The predicted octanol–water partition coefficient (Wildman–Crippen LogP) is 3.05. The van der Waals surface area contributed by atoms with E-state index in [0.29, 0.717) is 0 Å². The van der Waals surface area contributed by atoms with Gasteiger partial charge in [0.05, 0.1) is 0 Å². The minimum absolute atomic E-state index is 0.978. The lowest BCUT2D eigenvalue weighted by molar-refractivity contribution is 0.300. The van der Waals surface area contributed by atoms with Crippen LogP contribution in [0.1, 0.15) is 46.0 Å². The molecule has 1 aliphatic rings. The average molecular weight is 238 g/mol. The molecule has 2 nitrogen and oxygen atoms in total. The van der Waals surface area contributed by atoms with Gasteiger partial charge in [-0.3, -0.25) is 4.90 Å². The highest BCUT2D eigenvalue weighted by atomic mass is 15.1. The van der Waals surface area contributed by atoms with Crippen molar-refractivity contribution in [2.45, 2.75) is 46.0 Å². The summed E-state index contributed by atoms with van der Waals surface area (Å²) in [5.41, 5.74) is 1.33. The first-order chi connectivity index (χ1) is 8.26. The fraction of sp³-hybridized carbons (Fsp3) is 0.867. The van der Waals surface area contributed by atoms with Crippen molar-refractivity contribution in [2.75, 3.05) is 32.7 Å². The summed E-state index contributed by atoms with van der Waals surface area (Å²) < 4.78 is 0. The molecule has 0 aromatic heterocycles. The highest BCUT2D eigenvalue weighted by Gasteiger charge is 2.16. The van der Waals surface area contributed by atoms with E-state index in [9.17, 15) is 0 Å². The zero-order valence-electron chi connectivity index (χ0n) is 11.8. The molecule has 1 fully saturated rings. The van der Waals surface area contributed by atoms with Crippen molar-refractivity contribution in [1.82, 2.24) is 10.2 Å². The van der Waals surface area contributed by atoms with E-state index in [-0.39, 0.29) is 0 Å². The van der Waals surface area contributed by atoms with Crippen LogP contribution >= 0.6 is 0 Å². The van der Waals surface area contributed by atoms with Gasteiger partial charge in [0, 0.05) is 13.1 Å². The molecule has 1 atom stereocenters. The molecule has 1 saturated heterocycles. The van der Waals surface area contributed by atoms with E-state index in [1.165, 1.54) is 50.8 Å². The van der Waals surface area contributed by atoms with Gasteiger partial charge >= 0.3 is 0 Å². The zero-order chi connectivity index (χ0) is 12.5. The third-order valence-electron chi connectivity index (χ3n) is 3.71. The molecule has 100 valence electrons. The van der Waals surface area contributed by atoms with Crippen LogP contribution in [0, 0.1) is 5.92 Å². The number of rotatable bonds is 7. The third kappa shape index (κ3) is 6.23. The fourth-order valence-electron chi connectivity index (χ4n) is 2.75. The van der Waals surface area contributed by atoms with E-state index >= 15 is 0 Å². The van der Waals surface area contributed by atoms with E-state index in [2.05, 4.69) is 30.6 Å². The number of likely N-dealkylation sites (N-methyl/N-ethyl adjacent to an activating group) is 1. The maximum absolute atomic E-state index is 4.17. The highest BCUT2D eigenvalue weighted by molar-refractivity contribution is 4.99. The molecule has 0 aliphatic carbocycles. The van der Waals surface area contributed by atoms with Gasteiger partial charge in [0.1, 0.15) is 0 Å². The maximum atomic E-state index is 4.17. The molecule has 1 rings (SSSR count). The van der Waals surface area contributed by atoms with Gasteiger partial charge < -0.3 is 5.32 Å². The third-order valence-corrected chi connectivity index (χ3v) is 3.71. The highest BCUT2D eigenvalue weighted by Crippen LogP contribution is 2.22. The van der Waals surface area contributed by atoms with Gasteiger partial charge in [-0.15, -0.1) is 0 Å². The monoisotopic (exact) mass is 238 g/mol. The molecule has 1 heterocycles. The summed E-state index contributed by atoms with van der Waals surface area (Å²) in [5.74, 6) is 0.979. The van der Waals surface area contributed by atoms with Crippen LogP contribution in [0.3, 0.4) is 0 Å². The molecule has 0 saturated carbocycles. The average Bonchev–Trinajstić information content (AvgIpc) is 2.53. The van der Waals surface area contributed by atoms with Crippen molar-refractivity contribution in [1.29, 1.82) is 0 Å². The molecule has 0 radical (unpaired) electrons. The second-order valence-corrected chi connectivity index (χ2v) is 5.39. The summed E-state index contributed by atoms with van der Waals surface area (Å²) in [7, 11) is 0. The van der Waals surface area contributed by atoms with Gasteiger partial charge in [-0.25, -0.2) is 0 Å². The minimum Gasteiger partial charge on any atom is -0.313 e. The van der Waals surface area contributed by atoms with Crippen LogP contribution in [0.5, 0.6) is 0 Å². The lowest BCUT2D eigenvalue weighted by Crippen LogP contribution is -2.30. The molecule has 2 heteroatoms. The second-order valence-electron chi connectivity index (χ2n) is 5.39. The van der Waals surface area contributed by atoms with Crippen LogP contribution in [0.2, 0.25) is 0 Å². The molecule has 1 N–H and O–H groups in total. The van der Waals surface area contributed by atoms with E-state index in [1.54, 1.807) is 0 Å². The van der Waals surface area contributed by atoms with Crippen molar-refractivity contribution in [3.8, 4) is 0 Å². The molecule has 1 unspecified atom stereocenters. The van der Waals surface area contributed by atoms with Crippen molar-refractivity contribution >= 4 is 0 Å². The molecule has 0 aromatic rings. The Balaban J connectivity index is 2.23. The lowest BCUT2D eigenvalue weighted by atomic mass is 9.96. The summed E-state index contributed by atoms with van der Waals surface area (Å²) in [6.45, 7) is 14.3. The first-order valence-electron chi connectivity index (χ1n) is 7.36. The molecule has 0 aromatic carbocycles. The van der Waals surface area contributed by atoms with Gasteiger partial charge in [0.15, 0.2) is 0 Å². The summed E-state index contributed by atoms with van der Waals surface area (Å²) in [4.78, 5) is 2.59. The minimum atomic E-state index is 0.978. The molecular formula is C15H30N2. The van der Waals surface area contributed by atoms with E-state index in [4.69, 9.17) is 0 Å². The van der Waals surface area contributed by atoms with Crippen molar-refractivity contribution in [3.63, 3.8) is 0 Å². The van der Waals surface area contributed by atoms with Gasteiger partial charge in [-0.2, -0.15) is 0 Å². The summed E-state index contributed by atoms with van der Waals surface area (Å²) in [6, 6.07) is 0. The first kappa shape index (κ1) is 14.7. The molecule has 1 aliphatic heterocycles. The van der Waals surface area contributed by atoms with Gasteiger partial charge in [0.2, 0.25) is 0 Å². The van der Waals surface area contributed by atoms with Crippen molar-refractivity contribution in [3.05, 3.63) is 12.2 Å². The Kier molecular flexibility index (Phi) is 7.54. The van der Waals surface area contributed by atoms with Crippen LogP contribution in [0.4, 0.5) is 0 Å². The molecule has 0 amide bonds. The Labute approximate surface area is 107 Å². The summed E-state index contributed by atoms with van der Waals surface area (Å²) in [5, 5.41) is 3.36. The summed E-state index contributed by atoms with van der Waals surface area (Å²) >= 11 is 0. The Morgan fingerprint density at radius 2 is 2.12 bits per heavy atom. The van der Waals surface area contributed by atoms with Gasteiger partial charge in [-0.05, 0) is 50.4 Å². The van der Waals surface area contributed by atoms with Gasteiger partial charge in [0.25, 0.3) is 0 Å². The SMILES string of the molecule is C=C(CNCC)CN1CCCC(CCC)CC1. The number of nitrogens with one attached hydrogen (secondary N) is 1. The number of nitrogens with zero attached hydrogens (tertiary/aromatic N) is 1. The summed E-state index contributed by atoms with van der Waals surface area (Å²) in [6.07, 6.45) is 6.97. The quantitative estimate of drug-likeness (QED) is 0.686. The molecule has 17 heavy (non-hydrogen) atoms. The Hall–Kier alpha value is -0.340.